The molecular formula is C39H42N2O15. The molecule has 2 aromatic rings. The number of phenolic OH excluding ortho intramolecular Hbond substituents is 2. The topological polar surface area (TPSA) is 236 Å². The van der Waals surface area contributed by atoms with Crippen LogP contribution in [0.4, 0.5) is 0 Å². The molecule has 4 heterocycles. The molecule has 2 aliphatic carbocycles. The zero-order chi connectivity index (χ0) is 40.0. The minimum atomic E-state index is -2.30. The third-order valence-electron chi connectivity index (χ3n) is 12.0. The number of fused-ring (bicyclic) bond motifs is 6. The fourth-order valence-electron chi connectivity index (χ4n) is 9.26. The van der Waals surface area contributed by atoms with Gasteiger partial charge in [0.05, 0.1) is 49.2 Å². The monoisotopic (exact) mass is 778 g/mol. The summed E-state index contributed by atoms with van der Waals surface area (Å²) in [6.45, 7) is 2.68. The number of morpholine rings is 1. The average Bonchev–Trinajstić information content (AvgIpc) is 3.66. The molecule has 4 N–H and O–H groups in total. The van der Waals surface area contributed by atoms with E-state index < -0.39 is 114 Å². The molecule has 0 aromatic heterocycles. The molecule has 4 aliphatic heterocycles. The largest absolute Gasteiger partial charge is 0.507 e. The van der Waals surface area contributed by atoms with Gasteiger partial charge in [-0.2, -0.15) is 0 Å². The van der Waals surface area contributed by atoms with Gasteiger partial charge in [0.25, 0.3) is 0 Å². The van der Waals surface area contributed by atoms with Gasteiger partial charge in [0.1, 0.15) is 47.9 Å². The Bertz CT molecular complexity index is 2070. The number of carbonyl (C=O) groups is 6. The van der Waals surface area contributed by atoms with Gasteiger partial charge in [0.15, 0.2) is 23.6 Å². The Morgan fingerprint density at radius 2 is 1.77 bits per heavy atom. The number of Topliss-reactive ketones (excluding diaryl/α,β-unsaturated/α-hetero) is 2. The predicted octanol–water partition coefficient (Wildman–Crippen LogP) is 0.462. The number of ketones is 4. The number of aliphatic hydroxyl groups excluding tert-OH is 1. The molecule has 56 heavy (non-hydrogen) atoms. The standard InChI is InChI=1S/C39H42N2O15/c1-16-9-26(45)41(37(16)50)14-18(43)10-23-38-40(7-8-53-23)21-11-27(54-17(2)36(21)56-38)55-24-13-39(51,25(44)15-42)12-20-29(24)35(49)31-30(33(20)47)32(46)19-5-4-6-22(52-3)28(19)34(31)48/h4-6,16-17,21,23-24,27,36,38,42,47,49,51H,7-15H2,1-3H3/t16?,17-,21-,23+,24-,27-,36+,38+,39-/m0/s1. The number of hydrogen-bond acceptors (Lipinski definition) is 16. The van der Waals surface area contributed by atoms with Gasteiger partial charge < -0.3 is 44.1 Å². The number of aliphatic hydroxyl groups is 2. The maximum Gasteiger partial charge on any atom is 0.232 e. The molecular weight excluding hydrogens is 736 g/mol. The van der Waals surface area contributed by atoms with Crippen LogP contribution in [0.2, 0.25) is 0 Å². The Morgan fingerprint density at radius 1 is 1.02 bits per heavy atom. The first kappa shape index (κ1) is 38.3. The highest BCUT2D eigenvalue weighted by molar-refractivity contribution is 6.31. The van der Waals surface area contributed by atoms with Crippen molar-refractivity contribution in [2.45, 2.75) is 94.5 Å². The summed E-state index contributed by atoms with van der Waals surface area (Å²) in [5, 5.41) is 45.0. The summed E-state index contributed by atoms with van der Waals surface area (Å²) in [6, 6.07) is 4.02. The van der Waals surface area contributed by atoms with Gasteiger partial charge in [0.2, 0.25) is 17.6 Å². The number of benzene rings is 2. The number of phenols is 2. The zero-order valence-corrected chi connectivity index (χ0v) is 30.9. The third-order valence-corrected chi connectivity index (χ3v) is 12.0. The van der Waals surface area contributed by atoms with Crippen LogP contribution in [0.1, 0.15) is 88.6 Å². The first-order chi connectivity index (χ1) is 26.7. The van der Waals surface area contributed by atoms with Crippen molar-refractivity contribution in [3.8, 4) is 17.2 Å². The minimum Gasteiger partial charge on any atom is -0.507 e. The van der Waals surface area contributed by atoms with E-state index in [1.54, 1.807) is 13.8 Å². The van der Waals surface area contributed by atoms with Crippen LogP contribution in [0.15, 0.2) is 18.2 Å². The number of amides is 2. The molecule has 2 aromatic carbocycles. The predicted molar refractivity (Wildman–Crippen MR) is 187 cm³/mol. The molecule has 6 aliphatic rings. The van der Waals surface area contributed by atoms with E-state index in [-0.39, 0.29) is 78.1 Å². The van der Waals surface area contributed by atoms with E-state index in [9.17, 15) is 49.2 Å². The number of aromatic hydroxyl groups is 2. The second-order valence-corrected chi connectivity index (χ2v) is 15.4. The van der Waals surface area contributed by atoms with Crippen LogP contribution in [-0.2, 0) is 44.5 Å². The number of nitrogens with zero attached hydrogens (tertiary/aromatic N) is 2. The Labute approximate surface area is 320 Å². The fourth-order valence-corrected chi connectivity index (χ4v) is 9.26. The molecule has 0 bridgehead atoms. The molecule has 8 rings (SSSR count). The fraction of sp³-hybridized carbons (Fsp3) is 0.538. The van der Waals surface area contributed by atoms with Crippen LogP contribution in [0.5, 0.6) is 17.2 Å². The highest BCUT2D eigenvalue weighted by Crippen LogP contribution is 2.53. The van der Waals surface area contributed by atoms with Crippen molar-refractivity contribution >= 4 is 34.9 Å². The molecule has 0 spiro atoms. The maximum absolute atomic E-state index is 14.0. The lowest BCUT2D eigenvalue weighted by atomic mass is 9.72. The number of ether oxygens (including phenoxy) is 5. The van der Waals surface area contributed by atoms with Crippen molar-refractivity contribution in [1.82, 2.24) is 9.80 Å². The highest BCUT2D eigenvalue weighted by atomic mass is 16.7. The van der Waals surface area contributed by atoms with Crippen LogP contribution in [0.3, 0.4) is 0 Å². The van der Waals surface area contributed by atoms with Gasteiger partial charge in [-0.25, -0.2) is 0 Å². The maximum atomic E-state index is 14.0. The van der Waals surface area contributed by atoms with E-state index >= 15 is 0 Å². The quantitative estimate of drug-likeness (QED) is 0.171. The number of rotatable bonds is 9. The Morgan fingerprint density at radius 3 is 2.46 bits per heavy atom. The summed E-state index contributed by atoms with van der Waals surface area (Å²) in [5.74, 6) is -5.49. The SMILES string of the molecule is COc1cccc2c1C(=O)c1c(O)c3c(c(O)c1C2=O)C[C@@](O)(C(=O)CO)C[C@@H]3O[C@H]1C[C@H]2[C@H](O[C@@H]3[C@@H](CC(=O)CN4C(=O)CC(C)C4=O)OCCN32)[C@H](C)O1. The van der Waals surface area contributed by atoms with Crippen LogP contribution in [0.25, 0.3) is 0 Å². The molecule has 4 fully saturated rings. The molecule has 0 radical (unpaired) electrons. The number of carbonyl (C=O) groups excluding carboxylic acids is 6. The summed E-state index contributed by atoms with van der Waals surface area (Å²) in [6.07, 6.45) is -5.94. The normalized spacial score (nSPS) is 32.4. The van der Waals surface area contributed by atoms with Crippen LogP contribution in [0, 0.1) is 5.92 Å². The number of likely N-dealkylation sites (tertiary alicyclic amines) is 1. The molecule has 4 saturated heterocycles. The van der Waals surface area contributed by atoms with E-state index in [1.807, 2.05) is 4.90 Å². The first-order valence-corrected chi connectivity index (χ1v) is 18.6. The molecule has 17 heteroatoms. The third kappa shape index (κ3) is 5.95. The van der Waals surface area contributed by atoms with Gasteiger partial charge in [-0.1, -0.05) is 19.1 Å². The van der Waals surface area contributed by atoms with Gasteiger partial charge in [0, 0.05) is 67.3 Å². The van der Waals surface area contributed by atoms with Crippen LogP contribution in [-0.4, -0.2) is 141 Å². The lowest BCUT2D eigenvalue weighted by molar-refractivity contribution is -0.247. The summed E-state index contributed by atoms with van der Waals surface area (Å²) < 4.78 is 30.4. The van der Waals surface area contributed by atoms with Crippen molar-refractivity contribution in [3.63, 3.8) is 0 Å². The van der Waals surface area contributed by atoms with Crippen molar-refractivity contribution in [2.75, 3.05) is 33.4 Å². The molecule has 2 amide bonds. The number of methoxy groups -OCH3 is 1. The zero-order valence-electron chi connectivity index (χ0n) is 30.9. The van der Waals surface area contributed by atoms with E-state index in [2.05, 4.69) is 0 Å². The first-order valence-electron chi connectivity index (χ1n) is 18.6. The Kier molecular flexibility index (Phi) is 9.63. The van der Waals surface area contributed by atoms with Crippen molar-refractivity contribution < 1.29 is 72.9 Å². The van der Waals surface area contributed by atoms with E-state index in [0.717, 1.165) is 4.90 Å². The van der Waals surface area contributed by atoms with Crippen LogP contribution < -0.4 is 4.74 Å². The molecule has 0 saturated carbocycles. The average molecular weight is 779 g/mol. The van der Waals surface area contributed by atoms with E-state index in [4.69, 9.17) is 23.7 Å². The van der Waals surface area contributed by atoms with E-state index in [1.165, 1.54) is 25.3 Å². The summed E-state index contributed by atoms with van der Waals surface area (Å²) in [7, 11) is 1.32. The van der Waals surface area contributed by atoms with Crippen molar-refractivity contribution in [2.24, 2.45) is 5.92 Å². The van der Waals surface area contributed by atoms with Gasteiger partial charge in [-0.15, -0.1) is 0 Å². The van der Waals surface area contributed by atoms with Crippen LogP contribution >= 0.6 is 0 Å². The Hall–Kier alpha value is -4.62. The smallest absolute Gasteiger partial charge is 0.232 e. The Balaban J connectivity index is 1.07. The summed E-state index contributed by atoms with van der Waals surface area (Å²) >= 11 is 0. The van der Waals surface area contributed by atoms with Crippen molar-refractivity contribution in [1.29, 1.82) is 0 Å². The lowest BCUT2D eigenvalue weighted by Gasteiger charge is -2.43. The second-order valence-electron chi connectivity index (χ2n) is 15.4. The number of imide groups is 1. The molecule has 17 nitrogen and oxygen atoms in total. The van der Waals surface area contributed by atoms with Gasteiger partial charge in [-0.05, 0) is 13.0 Å². The summed E-state index contributed by atoms with van der Waals surface area (Å²) in [5.41, 5.74) is -3.78. The lowest BCUT2D eigenvalue weighted by Crippen LogP contribution is -2.55. The number of hydrogen-bond donors (Lipinski definition) is 4. The highest BCUT2D eigenvalue weighted by Gasteiger charge is 2.55. The van der Waals surface area contributed by atoms with Gasteiger partial charge >= 0.3 is 0 Å². The molecule has 9 atom stereocenters. The molecule has 298 valence electrons. The van der Waals surface area contributed by atoms with E-state index in [0.29, 0.717) is 6.54 Å². The second kappa shape index (κ2) is 14.1. The van der Waals surface area contributed by atoms with Crippen molar-refractivity contribution in [3.05, 3.63) is 51.6 Å². The van der Waals surface area contributed by atoms with Gasteiger partial charge in [-0.3, -0.25) is 38.6 Å². The summed E-state index contributed by atoms with van der Waals surface area (Å²) in [4.78, 5) is 81.7. The minimum absolute atomic E-state index is 0.0596. The molecule has 1 unspecified atom stereocenters.